The number of quaternary nitrogens is 1. The lowest BCUT2D eigenvalue weighted by Crippen LogP contribution is -2.87. The molecule has 1 aromatic carbocycles. The molecule has 142 valence electrons. The van der Waals surface area contributed by atoms with Crippen molar-refractivity contribution in [3.63, 3.8) is 0 Å². The number of nitrogens with two attached hydrogens (primary N) is 1. The molecule has 9 nitrogen and oxygen atoms in total. The van der Waals surface area contributed by atoms with Crippen LogP contribution in [0.3, 0.4) is 0 Å². The SMILES string of the molecule is CS(=O)(=O)c1cc(Cl)ccc1NCC1=NCC[NH2+]1.O=C([O-])/C=C/C(=O)O. The van der Waals surface area contributed by atoms with Crippen LogP contribution in [-0.4, -0.2) is 57.2 Å². The summed E-state index contributed by atoms with van der Waals surface area (Å²) >= 11 is 5.83. The van der Waals surface area contributed by atoms with Gasteiger partial charge < -0.3 is 20.3 Å². The minimum Gasteiger partial charge on any atom is -0.545 e. The molecule has 2 rings (SSSR count). The summed E-state index contributed by atoms with van der Waals surface area (Å²) in [6.07, 6.45) is 2.11. The molecule has 0 aliphatic carbocycles. The Balaban J connectivity index is 0.000000359. The Labute approximate surface area is 155 Å². The Hall–Kier alpha value is -2.43. The van der Waals surface area contributed by atoms with Crippen LogP contribution in [0, 0.1) is 0 Å². The molecule has 0 radical (unpaired) electrons. The lowest BCUT2D eigenvalue weighted by atomic mass is 10.3. The summed E-state index contributed by atoms with van der Waals surface area (Å²) < 4.78 is 23.3. The van der Waals surface area contributed by atoms with Gasteiger partial charge in [-0.05, 0) is 24.3 Å². The number of nitrogens with one attached hydrogen (secondary N) is 1. The van der Waals surface area contributed by atoms with Crippen molar-refractivity contribution in [1.82, 2.24) is 0 Å². The van der Waals surface area contributed by atoms with Crippen LogP contribution in [0.1, 0.15) is 0 Å². The summed E-state index contributed by atoms with van der Waals surface area (Å²) in [6, 6.07) is 4.80. The summed E-state index contributed by atoms with van der Waals surface area (Å²) in [5, 5.41) is 22.8. The molecule has 0 bridgehead atoms. The summed E-state index contributed by atoms with van der Waals surface area (Å²) in [4.78, 5) is 23.5. The number of aliphatic carboxylic acids is 2. The third-order valence-electron chi connectivity index (χ3n) is 2.99. The van der Waals surface area contributed by atoms with E-state index in [0.717, 1.165) is 18.9 Å². The molecular formula is C15H18ClN3O6S. The zero-order valence-corrected chi connectivity index (χ0v) is 15.4. The molecule has 1 aromatic rings. The highest BCUT2D eigenvalue weighted by atomic mass is 35.5. The highest BCUT2D eigenvalue weighted by Crippen LogP contribution is 2.24. The second-order valence-electron chi connectivity index (χ2n) is 5.12. The van der Waals surface area contributed by atoms with Crippen molar-refractivity contribution in [2.45, 2.75) is 4.90 Å². The minimum atomic E-state index is -3.30. The van der Waals surface area contributed by atoms with E-state index < -0.39 is 21.8 Å². The number of hydrogen-bond donors (Lipinski definition) is 3. The van der Waals surface area contributed by atoms with Crippen molar-refractivity contribution < 1.29 is 33.5 Å². The Morgan fingerprint density at radius 1 is 1.42 bits per heavy atom. The first-order valence-electron chi connectivity index (χ1n) is 7.31. The van der Waals surface area contributed by atoms with Crippen molar-refractivity contribution in [2.75, 3.05) is 31.2 Å². The van der Waals surface area contributed by atoms with Gasteiger partial charge in [0.05, 0.1) is 23.1 Å². The molecule has 1 aliphatic rings. The number of benzene rings is 1. The van der Waals surface area contributed by atoms with E-state index in [0.29, 0.717) is 29.4 Å². The average Bonchev–Trinajstić information content (AvgIpc) is 3.05. The number of amidine groups is 1. The van der Waals surface area contributed by atoms with Crippen LogP contribution in [0.5, 0.6) is 0 Å². The lowest BCUT2D eigenvalue weighted by molar-refractivity contribution is -0.528. The van der Waals surface area contributed by atoms with Gasteiger partial charge in [0, 0.05) is 17.4 Å². The number of anilines is 1. The summed E-state index contributed by atoms with van der Waals surface area (Å²) in [5.41, 5.74) is 0.560. The second-order valence-corrected chi connectivity index (χ2v) is 7.54. The number of hydrogen-bond acceptors (Lipinski definition) is 7. The monoisotopic (exact) mass is 403 g/mol. The fourth-order valence-corrected chi connectivity index (χ4v) is 3.02. The van der Waals surface area contributed by atoms with Crippen LogP contribution in [0.2, 0.25) is 5.02 Å². The van der Waals surface area contributed by atoms with Gasteiger partial charge in [0.2, 0.25) is 5.84 Å². The number of rotatable bonds is 6. The third-order valence-corrected chi connectivity index (χ3v) is 4.36. The van der Waals surface area contributed by atoms with Crippen molar-refractivity contribution in [2.24, 2.45) is 4.99 Å². The normalized spacial score (nSPS) is 13.7. The molecule has 0 saturated heterocycles. The number of carboxylic acids is 2. The average molecular weight is 404 g/mol. The molecule has 0 amide bonds. The smallest absolute Gasteiger partial charge is 0.328 e. The molecule has 11 heteroatoms. The van der Waals surface area contributed by atoms with Crippen LogP contribution in [0.4, 0.5) is 5.69 Å². The Bertz CT molecular complexity index is 820. The molecule has 0 aromatic heterocycles. The number of nitrogens with zero attached hydrogens (tertiary/aromatic N) is 1. The van der Waals surface area contributed by atoms with Gasteiger partial charge in [-0.15, -0.1) is 0 Å². The van der Waals surface area contributed by atoms with Crippen molar-refractivity contribution in [3.8, 4) is 0 Å². The van der Waals surface area contributed by atoms with E-state index in [-0.39, 0.29) is 4.90 Å². The lowest BCUT2D eigenvalue weighted by Gasteiger charge is -2.10. The van der Waals surface area contributed by atoms with Gasteiger partial charge in [0.1, 0.15) is 13.1 Å². The maximum absolute atomic E-state index is 11.7. The van der Waals surface area contributed by atoms with E-state index in [1.165, 1.54) is 12.3 Å². The molecule has 1 aliphatic heterocycles. The van der Waals surface area contributed by atoms with Gasteiger partial charge in [-0.2, -0.15) is 0 Å². The first-order chi connectivity index (χ1) is 12.1. The molecular weight excluding hydrogens is 386 g/mol. The van der Waals surface area contributed by atoms with E-state index in [1.807, 2.05) is 5.32 Å². The van der Waals surface area contributed by atoms with Crippen LogP contribution < -0.4 is 15.7 Å². The van der Waals surface area contributed by atoms with Crippen LogP contribution >= 0.6 is 11.6 Å². The quantitative estimate of drug-likeness (QED) is 0.489. The van der Waals surface area contributed by atoms with E-state index in [2.05, 4.69) is 10.3 Å². The standard InChI is InChI=1S/C11H14ClN3O2S.C4H4O4/c1-18(16,17)10-6-8(12)2-3-9(10)15-7-11-13-4-5-14-11;5-3(6)1-2-4(7)8/h2-3,6,15H,4-5,7H2,1H3,(H,13,14);1-2H,(H,5,6)(H,7,8)/b;2-1+. The molecule has 0 fully saturated rings. The molecule has 26 heavy (non-hydrogen) atoms. The Kier molecular flexibility index (Phi) is 8.23. The summed E-state index contributed by atoms with van der Waals surface area (Å²) in [5.74, 6) is -1.84. The van der Waals surface area contributed by atoms with Crippen LogP contribution in [-0.2, 0) is 19.4 Å². The second kappa shape index (κ2) is 9.90. The third kappa shape index (κ3) is 8.10. The fourth-order valence-electron chi connectivity index (χ4n) is 1.91. The molecule has 0 unspecified atom stereocenters. The van der Waals surface area contributed by atoms with Crippen molar-refractivity contribution in [1.29, 1.82) is 0 Å². The summed E-state index contributed by atoms with van der Waals surface area (Å²) in [7, 11) is -3.30. The van der Waals surface area contributed by atoms with Gasteiger partial charge >= 0.3 is 5.97 Å². The minimum absolute atomic E-state index is 0.216. The number of carbonyl (C=O) groups excluding carboxylic acids is 1. The van der Waals surface area contributed by atoms with Crippen molar-refractivity contribution >= 4 is 44.9 Å². The maximum Gasteiger partial charge on any atom is 0.328 e. The van der Waals surface area contributed by atoms with Gasteiger partial charge in [-0.1, -0.05) is 11.6 Å². The number of carbonyl (C=O) groups is 2. The number of halogens is 1. The van der Waals surface area contributed by atoms with Gasteiger partial charge in [-0.3, -0.25) is 5.32 Å². The number of sulfone groups is 1. The zero-order valence-electron chi connectivity index (χ0n) is 13.8. The van der Waals surface area contributed by atoms with Crippen LogP contribution in [0.15, 0.2) is 40.2 Å². The molecule has 0 saturated carbocycles. The Morgan fingerprint density at radius 2 is 2.12 bits per heavy atom. The van der Waals surface area contributed by atoms with E-state index in [9.17, 15) is 23.1 Å². The maximum atomic E-state index is 11.7. The first-order valence-corrected chi connectivity index (χ1v) is 9.58. The van der Waals surface area contributed by atoms with E-state index >= 15 is 0 Å². The Morgan fingerprint density at radius 3 is 2.58 bits per heavy atom. The number of carboxylic acid groups (broad SMARTS) is 2. The fraction of sp³-hybridized carbons (Fsp3) is 0.267. The van der Waals surface area contributed by atoms with Crippen LogP contribution in [0.25, 0.3) is 0 Å². The highest BCUT2D eigenvalue weighted by Gasteiger charge is 2.16. The van der Waals surface area contributed by atoms with E-state index in [4.69, 9.17) is 16.7 Å². The number of aliphatic imine (C=N–C) groups is 1. The zero-order chi connectivity index (χ0) is 19.7. The topological polar surface area (TPSA) is 153 Å². The largest absolute Gasteiger partial charge is 0.545 e. The van der Waals surface area contributed by atoms with Gasteiger partial charge in [-0.25, -0.2) is 18.2 Å². The highest BCUT2D eigenvalue weighted by molar-refractivity contribution is 7.90. The first kappa shape index (κ1) is 21.6. The summed E-state index contributed by atoms with van der Waals surface area (Å²) in [6.45, 7) is 2.30. The van der Waals surface area contributed by atoms with Gasteiger partial charge in [0.25, 0.3) is 0 Å². The van der Waals surface area contributed by atoms with Crippen molar-refractivity contribution in [3.05, 3.63) is 35.4 Å². The predicted molar refractivity (Wildman–Crippen MR) is 93.9 cm³/mol. The molecule has 4 N–H and O–H groups in total. The molecule has 1 heterocycles. The molecule has 0 atom stereocenters. The van der Waals surface area contributed by atoms with E-state index in [1.54, 1.807) is 12.1 Å². The van der Waals surface area contributed by atoms with Gasteiger partial charge in [0.15, 0.2) is 9.84 Å². The molecule has 0 spiro atoms. The predicted octanol–water partition coefficient (Wildman–Crippen LogP) is -1.49.